The van der Waals surface area contributed by atoms with Crippen LogP contribution in [0.4, 0.5) is 0 Å². The lowest BCUT2D eigenvalue weighted by atomic mass is 9.85. The van der Waals surface area contributed by atoms with Crippen molar-refractivity contribution in [1.29, 1.82) is 0 Å². The van der Waals surface area contributed by atoms with Gasteiger partial charge in [-0.1, -0.05) is 20.3 Å². The average molecular weight is 211 g/mol. The molecule has 1 heterocycles. The molecule has 0 aliphatic carbocycles. The molecule has 1 aromatic rings. The second-order valence-corrected chi connectivity index (χ2v) is 4.48. The fourth-order valence-electron chi connectivity index (χ4n) is 1.85. The Morgan fingerprint density at radius 2 is 2.36 bits per heavy atom. The molecule has 1 rings (SSSR count). The van der Waals surface area contributed by atoms with Crippen LogP contribution in [0.15, 0.2) is 16.8 Å². The van der Waals surface area contributed by atoms with Crippen molar-refractivity contribution in [3.63, 3.8) is 0 Å². The Morgan fingerprint density at radius 3 is 2.79 bits per heavy atom. The third-order valence-electron chi connectivity index (χ3n) is 2.52. The van der Waals surface area contributed by atoms with Crippen molar-refractivity contribution in [1.82, 2.24) is 0 Å². The fraction of sp³-hybridized carbons (Fsp3) is 0.545. The number of primary amides is 1. The van der Waals surface area contributed by atoms with Crippen molar-refractivity contribution >= 4 is 17.2 Å². The van der Waals surface area contributed by atoms with Crippen LogP contribution < -0.4 is 5.73 Å². The molecule has 2 atom stereocenters. The van der Waals surface area contributed by atoms with E-state index in [4.69, 9.17) is 5.73 Å². The van der Waals surface area contributed by atoms with E-state index in [0.29, 0.717) is 5.92 Å². The van der Waals surface area contributed by atoms with Crippen LogP contribution in [0.25, 0.3) is 0 Å². The topological polar surface area (TPSA) is 43.1 Å². The van der Waals surface area contributed by atoms with Gasteiger partial charge in [-0.05, 0) is 34.7 Å². The second-order valence-electron chi connectivity index (χ2n) is 3.70. The number of rotatable bonds is 5. The van der Waals surface area contributed by atoms with E-state index in [1.54, 1.807) is 11.3 Å². The predicted octanol–water partition coefficient (Wildman–Crippen LogP) is 2.75. The van der Waals surface area contributed by atoms with Gasteiger partial charge in [-0.2, -0.15) is 11.3 Å². The molecule has 0 aliphatic heterocycles. The first-order valence-electron chi connectivity index (χ1n) is 4.98. The number of carbonyl (C=O) groups is 1. The Labute approximate surface area is 89.1 Å². The van der Waals surface area contributed by atoms with Crippen LogP contribution in [0.1, 0.15) is 38.2 Å². The first-order valence-corrected chi connectivity index (χ1v) is 5.92. The Hall–Kier alpha value is -0.830. The maximum absolute atomic E-state index is 11.3. The monoisotopic (exact) mass is 211 g/mol. The van der Waals surface area contributed by atoms with Gasteiger partial charge in [-0.3, -0.25) is 4.79 Å². The van der Waals surface area contributed by atoms with Gasteiger partial charge in [0.15, 0.2) is 0 Å². The first kappa shape index (κ1) is 11.2. The van der Waals surface area contributed by atoms with Crippen LogP contribution in [0.3, 0.4) is 0 Å². The molecule has 0 spiro atoms. The SMILES string of the molecule is CCCC(C)C(C(N)=O)c1ccsc1. The van der Waals surface area contributed by atoms with E-state index in [9.17, 15) is 4.79 Å². The molecule has 2 unspecified atom stereocenters. The maximum atomic E-state index is 11.3. The lowest BCUT2D eigenvalue weighted by Crippen LogP contribution is -2.26. The maximum Gasteiger partial charge on any atom is 0.225 e. The average Bonchev–Trinajstić information content (AvgIpc) is 2.57. The highest BCUT2D eigenvalue weighted by molar-refractivity contribution is 7.08. The minimum atomic E-state index is -0.204. The molecule has 0 saturated carbocycles. The summed E-state index contributed by atoms with van der Waals surface area (Å²) in [6, 6.07) is 1.99. The van der Waals surface area contributed by atoms with Crippen molar-refractivity contribution in [3.05, 3.63) is 22.4 Å². The largest absolute Gasteiger partial charge is 0.369 e. The van der Waals surface area contributed by atoms with Crippen molar-refractivity contribution in [2.75, 3.05) is 0 Å². The molecule has 1 amide bonds. The number of carbonyl (C=O) groups excluding carboxylic acids is 1. The van der Waals surface area contributed by atoms with Gasteiger partial charge in [-0.15, -0.1) is 0 Å². The molecule has 1 aromatic heterocycles. The zero-order valence-corrected chi connectivity index (χ0v) is 9.51. The summed E-state index contributed by atoms with van der Waals surface area (Å²) in [4.78, 5) is 11.3. The molecular weight excluding hydrogens is 194 g/mol. The van der Waals surface area contributed by atoms with Crippen LogP contribution in [-0.2, 0) is 4.79 Å². The minimum Gasteiger partial charge on any atom is -0.369 e. The minimum absolute atomic E-state index is 0.110. The molecule has 0 radical (unpaired) electrons. The number of thiophene rings is 1. The van der Waals surface area contributed by atoms with E-state index in [-0.39, 0.29) is 11.8 Å². The number of hydrogen-bond donors (Lipinski definition) is 1. The summed E-state index contributed by atoms with van der Waals surface area (Å²) in [6.45, 7) is 4.22. The van der Waals surface area contributed by atoms with Gasteiger partial charge in [0.2, 0.25) is 5.91 Å². The van der Waals surface area contributed by atoms with Gasteiger partial charge in [-0.25, -0.2) is 0 Å². The molecular formula is C11H17NOS. The van der Waals surface area contributed by atoms with Gasteiger partial charge >= 0.3 is 0 Å². The summed E-state index contributed by atoms with van der Waals surface area (Å²) in [7, 11) is 0. The Kier molecular flexibility index (Phi) is 4.14. The van der Waals surface area contributed by atoms with Gasteiger partial charge in [0.05, 0.1) is 5.92 Å². The predicted molar refractivity (Wildman–Crippen MR) is 60.3 cm³/mol. The third-order valence-corrected chi connectivity index (χ3v) is 3.22. The van der Waals surface area contributed by atoms with Crippen molar-refractivity contribution < 1.29 is 4.79 Å². The fourth-order valence-corrected chi connectivity index (χ4v) is 2.54. The van der Waals surface area contributed by atoms with Crippen LogP contribution in [0.5, 0.6) is 0 Å². The molecule has 2 nitrogen and oxygen atoms in total. The zero-order valence-electron chi connectivity index (χ0n) is 8.69. The smallest absolute Gasteiger partial charge is 0.225 e. The summed E-state index contributed by atoms with van der Waals surface area (Å²) in [5, 5.41) is 4.01. The highest BCUT2D eigenvalue weighted by Gasteiger charge is 2.24. The number of nitrogens with two attached hydrogens (primary N) is 1. The van der Waals surface area contributed by atoms with Crippen molar-refractivity contribution in [3.8, 4) is 0 Å². The van der Waals surface area contributed by atoms with Gasteiger partial charge < -0.3 is 5.73 Å². The summed E-state index contributed by atoms with van der Waals surface area (Å²) < 4.78 is 0. The molecule has 2 N–H and O–H groups in total. The van der Waals surface area contributed by atoms with Crippen molar-refractivity contribution in [2.45, 2.75) is 32.6 Å². The molecule has 14 heavy (non-hydrogen) atoms. The highest BCUT2D eigenvalue weighted by Crippen LogP contribution is 2.28. The number of hydrogen-bond acceptors (Lipinski definition) is 2. The van der Waals surface area contributed by atoms with Crippen LogP contribution in [0, 0.1) is 5.92 Å². The van der Waals surface area contributed by atoms with E-state index in [1.807, 2.05) is 16.8 Å². The van der Waals surface area contributed by atoms with E-state index in [2.05, 4.69) is 13.8 Å². The normalized spacial score (nSPS) is 15.0. The standard InChI is InChI=1S/C11H17NOS/c1-3-4-8(2)10(11(12)13)9-5-6-14-7-9/h5-8,10H,3-4H2,1-2H3,(H2,12,13). The summed E-state index contributed by atoms with van der Waals surface area (Å²) in [5.74, 6) is 0.0256. The first-order chi connectivity index (χ1) is 6.66. The van der Waals surface area contributed by atoms with Crippen molar-refractivity contribution in [2.24, 2.45) is 11.7 Å². The Morgan fingerprint density at radius 1 is 1.64 bits per heavy atom. The summed E-state index contributed by atoms with van der Waals surface area (Å²) >= 11 is 1.61. The molecule has 0 bridgehead atoms. The number of amides is 1. The highest BCUT2D eigenvalue weighted by atomic mass is 32.1. The summed E-state index contributed by atoms with van der Waals surface area (Å²) in [6.07, 6.45) is 2.14. The van der Waals surface area contributed by atoms with E-state index in [1.165, 1.54) is 0 Å². The summed E-state index contributed by atoms with van der Waals surface area (Å²) in [5.41, 5.74) is 6.50. The van der Waals surface area contributed by atoms with Gasteiger partial charge in [0.1, 0.15) is 0 Å². The lowest BCUT2D eigenvalue weighted by molar-refractivity contribution is -0.120. The molecule has 78 valence electrons. The van der Waals surface area contributed by atoms with Gasteiger partial charge in [0, 0.05) is 0 Å². The molecule has 0 aliphatic rings. The zero-order chi connectivity index (χ0) is 10.6. The van der Waals surface area contributed by atoms with Crippen LogP contribution >= 0.6 is 11.3 Å². The van der Waals surface area contributed by atoms with E-state index in [0.717, 1.165) is 18.4 Å². The van der Waals surface area contributed by atoms with Gasteiger partial charge in [0.25, 0.3) is 0 Å². The third kappa shape index (κ3) is 2.58. The Bertz CT molecular complexity index is 281. The lowest BCUT2D eigenvalue weighted by Gasteiger charge is -2.19. The van der Waals surface area contributed by atoms with E-state index < -0.39 is 0 Å². The quantitative estimate of drug-likeness (QED) is 0.799. The molecule has 0 aromatic carbocycles. The van der Waals surface area contributed by atoms with Crippen LogP contribution in [0.2, 0.25) is 0 Å². The second kappa shape index (κ2) is 5.15. The molecule has 3 heteroatoms. The van der Waals surface area contributed by atoms with Crippen LogP contribution in [-0.4, -0.2) is 5.91 Å². The molecule has 0 fully saturated rings. The molecule has 0 saturated heterocycles. The van der Waals surface area contributed by atoms with E-state index >= 15 is 0 Å². The Balaban J connectivity index is 2.80.